The Labute approximate surface area is 205 Å². The van der Waals surface area contributed by atoms with Crippen LogP contribution in [0, 0.1) is 0 Å². The summed E-state index contributed by atoms with van der Waals surface area (Å²) in [6, 6.07) is 19.8. The van der Waals surface area contributed by atoms with Gasteiger partial charge < -0.3 is 20.5 Å². The van der Waals surface area contributed by atoms with E-state index in [0.29, 0.717) is 24.1 Å². The fourth-order valence-corrected chi connectivity index (χ4v) is 5.34. The van der Waals surface area contributed by atoms with E-state index in [1.807, 2.05) is 17.3 Å². The molecule has 35 heavy (non-hydrogen) atoms. The molecule has 2 aromatic heterocycles. The van der Waals surface area contributed by atoms with Crippen molar-refractivity contribution < 1.29 is 4.84 Å². The second kappa shape index (κ2) is 8.87. The number of benzene rings is 2. The molecule has 2 unspecified atom stereocenters. The summed E-state index contributed by atoms with van der Waals surface area (Å²) >= 11 is 0. The van der Waals surface area contributed by atoms with Gasteiger partial charge in [-0.2, -0.15) is 9.97 Å². The maximum atomic E-state index is 6.13. The zero-order valence-corrected chi connectivity index (χ0v) is 20.2. The summed E-state index contributed by atoms with van der Waals surface area (Å²) in [4.78, 5) is 23.4. The smallest absolute Gasteiger partial charge is 0.224 e. The van der Waals surface area contributed by atoms with Crippen LogP contribution in [0.25, 0.3) is 22.2 Å². The zero-order valence-electron chi connectivity index (χ0n) is 20.2. The Balaban J connectivity index is 1.41. The number of hydroxylamine groups is 1. The van der Waals surface area contributed by atoms with Crippen molar-refractivity contribution in [2.24, 2.45) is 0 Å². The van der Waals surface area contributed by atoms with Gasteiger partial charge in [0.1, 0.15) is 5.65 Å². The summed E-state index contributed by atoms with van der Waals surface area (Å²) < 4.78 is 0. The van der Waals surface area contributed by atoms with Crippen LogP contribution in [0.15, 0.2) is 60.8 Å². The number of fused-ring (bicyclic) bond motifs is 1. The first-order valence-electron chi connectivity index (χ1n) is 12.2. The molecule has 0 amide bonds. The van der Waals surface area contributed by atoms with E-state index in [4.69, 9.17) is 10.6 Å². The van der Waals surface area contributed by atoms with E-state index in [1.165, 1.54) is 17.7 Å². The molecule has 3 N–H and O–H groups in total. The van der Waals surface area contributed by atoms with Gasteiger partial charge in [-0.3, -0.25) is 4.84 Å². The van der Waals surface area contributed by atoms with Crippen LogP contribution < -0.4 is 15.7 Å². The van der Waals surface area contributed by atoms with Crippen molar-refractivity contribution in [2.75, 3.05) is 49.5 Å². The second-order valence-corrected chi connectivity index (χ2v) is 9.61. The number of nitrogens with zero attached hydrogens (tertiary/aromatic N) is 5. The van der Waals surface area contributed by atoms with Gasteiger partial charge >= 0.3 is 0 Å². The van der Waals surface area contributed by atoms with Crippen LogP contribution in [0.1, 0.15) is 24.4 Å². The van der Waals surface area contributed by atoms with E-state index in [1.54, 1.807) is 0 Å². The number of H-pyrrole nitrogens is 1. The SMILES string of the molecule is CN(C)C1CCN(c2cccc(-c3c[nH]c4nc(N)nc(N5OCCC5c5ccccc5)c34)c2)C1. The van der Waals surface area contributed by atoms with Crippen molar-refractivity contribution in [3.8, 4) is 11.1 Å². The van der Waals surface area contributed by atoms with E-state index in [0.717, 1.165) is 36.0 Å². The minimum atomic E-state index is 0.0651. The van der Waals surface area contributed by atoms with E-state index in [-0.39, 0.29) is 12.0 Å². The molecule has 0 radical (unpaired) electrons. The number of rotatable bonds is 5. The Morgan fingerprint density at radius 3 is 2.71 bits per heavy atom. The Kier molecular flexibility index (Phi) is 5.54. The molecular weight excluding hydrogens is 438 g/mol. The van der Waals surface area contributed by atoms with Crippen molar-refractivity contribution in [3.63, 3.8) is 0 Å². The van der Waals surface area contributed by atoms with Gasteiger partial charge in [0.25, 0.3) is 0 Å². The number of nitrogens with two attached hydrogens (primary N) is 1. The highest BCUT2D eigenvalue weighted by atomic mass is 16.7. The van der Waals surface area contributed by atoms with Gasteiger partial charge in [0.2, 0.25) is 5.95 Å². The van der Waals surface area contributed by atoms with Crippen molar-refractivity contribution in [2.45, 2.75) is 24.9 Å². The first-order chi connectivity index (χ1) is 17.1. The van der Waals surface area contributed by atoms with Crippen LogP contribution >= 0.6 is 0 Å². The predicted molar refractivity (Wildman–Crippen MR) is 140 cm³/mol. The molecule has 0 bridgehead atoms. The molecular formula is C27H31N7O. The van der Waals surface area contributed by atoms with E-state index in [2.05, 4.69) is 87.4 Å². The first-order valence-corrected chi connectivity index (χ1v) is 12.2. The fourth-order valence-electron chi connectivity index (χ4n) is 5.34. The minimum Gasteiger partial charge on any atom is -0.370 e. The quantitative estimate of drug-likeness (QED) is 0.452. The van der Waals surface area contributed by atoms with Gasteiger partial charge in [-0.05, 0) is 43.8 Å². The van der Waals surface area contributed by atoms with E-state index >= 15 is 0 Å². The Morgan fingerprint density at radius 1 is 1.06 bits per heavy atom. The third-order valence-corrected chi connectivity index (χ3v) is 7.24. The zero-order chi connectivity index (χ0) is 23.9. The van der Waals surface area contributed by atoms with E-state index < -0.39 is 0 Å². The standard InChI is InChI=1S/C27H31N7O/c1-32(2)21-11-13-33(17-21)20-10-6-9-19(15-20)22-16-29-25-24(22)26(31-27(28)30-25)34-23(12-14-35-34)18-7-4-3-5-8-18/h3-10,15-16,21,23H,11-14,17H2,1-2H3,(H3,28,29,30,31). The lowest BCUT2D eigenvalue weighted by atomic mass is 10.0. The number of aromatic amines is 1. The van der Waals surface area contributed by atoms with Crippen LogP contribution in [0.4, 0.5) is 17.5 Å². The predicted octanol–water partition coefficient (Wildman–Crippen LogP) is 4.23. The molecule has 2 fully saturated rings. The Morgan fingerprint density at radius 2 is 1.91 bits per heavy atom. The van der Waals surface area contributed by atoms with Gasteiger partial charge in [-0.15, -0.1) is 0 Å². The van der Waals surface area contributed by atoms with Crippen molar-refractivity contribution in [3.05, 3.63) is 66.4 Å². The molecule has 6 rings (SSSR count). The molecule has 4 aromatic rings. The normalized spacial score (nSPS) is 20.4. The molecule has 2 saturated heterocycles. The Bertz CT molecular complexity index is 1340. The first kappa shape index (κ1) is 21.9. The molecule has 2 aliphatic heterocycles. The number of nitrogens with one attached hydrogen (secondary N) is 1. The highest BCUT2D eigenvalue weighted by molar-refractivity contribution is 6.02. The van der Waals surface area contributed by atoms with Gasteiger partial charge in [0.05, 0.1) is 18.0 Å². The fraction of sp³-hybridized carbons (Fsp3) is 0.333. The number of nitrogen functional groups attached to an aromatic ring is 1. The lowest BCUT2D eigenvalue weighted by Gasteiger charge is -2.25. The number of anilines is 3. The minimum absolute atomic E-state index is 0.0651. The number of hydrogen-bond acceptors (Lipinski definition) is 7. The molecule has 2 aliphatic rings. The summed E-state index contributed by atoms with van der Waals surface area (Å²) in [7, 11) is 4.32. The maximum absolute atomic E-state index is 6.13. The third-order valence-electron chi connectivity index (χ3n) is 7.24. The molecule has 2 atom stereocenters. The van der Waals surface area contributed by atoms with Gasteiger partial charge in [-0.1, -0.05) is 42.5 Å². The highest BCUT2D eigenvalue weighted by Crippen LogP contribution is 2.41. The van der Waals surface area contributed by atoms with Gasteiger partial charge in [0, 0.05) is 43.0 Å². The molecule has 0 spiro atoms. The van der Waals surface area contributed by atoms with Crippen molar-refractivity contribution in [1.82, 2.24) is 19.9 Å². The number of hydrogen-bond donors (Lipinski definition) is 2. The highest BCUT2D eigenvalue weighted by Gasteiger charge is 2.32. The topological polar surface area (TPSA) is 86.5 Å². The van der Waals surface area contributed by atoms with Crippen LogP contribution in [-0.4, -0.2) is 59.7 Å². The average molecular weight is 470 g/mol. The van der Waals surface area contributed by atoms with Crippen LogP contribution in [0.3, 0.4) is 0 Å². The van der Waals surface area contributed by atoms with Gasteiger partial charge in [0.15, 0.2) is 5.82 Å². The number of likely N-dealkylation sites (N-methyl/N-ethyl adjacent to an activating group) is 1. The Hall–Kier alpha value is -3.62. The largest absolute Gasteiger partial charge is 0.370 e. The monoisotopic (exact) mass is 469 g/mol. The summed E-state index contributed by atoms with van der Waals surface area (Å²) in [5.41, 5.74) is 11.4. The lowest BCUT2D eigenvalue weighted by Crippen LogP contribution is -2.31. The van der Waals surface area contributed by atoms with Crippen LogP contribution in [0.2, 0.25) is 0 Å². The summed E-state index contributed by atoms with van der Waals surface area (Å²) in [6.07, 6.45) is 4.06. The summed E-state index contributed by atoms with van der Waals surface area (Å²) in [6.45, 7) is 2.73. The average Bonchev–Trinajstić information content (AvgIpc) is 3.64. The van der Waals surface area contributed by atoms with Crippen LogP contribution in [-0.2, 0) is 4.84 Å². The lowest BCUT2D eigenvalue weighted by molar-refractivity contribution is 0.157. The summed E-state index contributed by atoms with van der Waals surface area (Å²) in [5, 5.41) is 2.84. The van der Waals surface area contributed by atoms with Gasteiger partial charge in [-0.25, -0.2) is 5.06 Å². The second-order valence-electron chi connectivity index (χ2n) is 9.61. The van der Waals surface area contributed by atoms with Crippen molar-refractivity contribution in [1.29, 1.82) is 0 Å². The molecule has 0 saturated carbocycles. The molecule has 4 heterocycles. The number of aromatic nitrogens is 3. The van der Waals surface area contributed by atoms with Crippen molar-refractivity contribution >= 4 is 28.5 Å². The summed E-state index contributed by atoms with van der Waals surface area (Å²) in [5.74, 6) is 0.929. The van der Waals surface area contributed by atoms with E-state index in [9.17, 15) is 0 Å². The third kappa shape index (κ3) is 3.98. The molecule has 8 nitrogen and oxygen atoms in total. The molecule has 8 heteroatoms. The molecule has 180 valence electrons. The molecule has 0 aliphatic carbocycles. The molecule has 2 aromatic carbocycles. The maximum Gasteiger partial charge on any atom is 0.224 e. The van der Waals surface area contributed by atoms with Crippen LogP contribution in [0.5, 0.6) is 0 Å².